The second-order valence-electron chi connectivity index (χ2n) is 4.13. The molecule has 1 saturated heterocycles. The number of carbonyl (C=O) groups excluding carboxylic acids is 2. The highest BCUT2D eigenvalue weighted by atomic mass is 16.2. The minimum atomic E-state index is -0.445. The number of nitrogens with zero attached hydrogens (tertiary/aromatic N) is 1. The van der Waals surface area contributed by atoms with Gasteiger partial charge in [0.15, 0.2) is 0 Å². The lowest BCUT2D eigenvalue weighted by Crippen LogP contribution is -2.58. The molecule has 1 heterocycles. The van der Waals surface area contributed by atoms with Crippen molar-refractivity contribution in [2.45, 2.75) is 25.9 Å². The first-order valence-electron chi connectivity index (χ1n) is 5.05. The van der Waals surface area contributed by atoms with Crippen LogP contribution < -0.4 is 16.4 Å². The van der Waals surface area contributed by atoms with Crippen molar-refractivity contribution in [2.24, 2.45) is 5.73 Å². The Kier molecular flexibility index (Phi) is 4.05. The van der Waals surface area contributed by atoms with Crippen molar-refractivity contribution in [2.75, 3.05) is 19.6 Å². The molecule has 0 atom stereocenters. The van der Waals surface area contributed by atoms with Gasteiger partial charge in [0.2, 0.25) is 5.91 Å². The minimum absolute atomic E-state index is 0.0234. The van der Waals surface area contributed by atoms with Gasteiger partial charge >= 0.3 is 6.03 Å². The van der Waals surface area contributed by atoms with E-state index in [1.165, 1.54) is 0 Å². The lowest BCUT2D eigenvalue weighted by atomic mass is 10.1. The van der Waals surface area contributed by atoms with E-state index >= 15 is 0 Å². The van der Waals surface area contributed by atoms with E-state index in [2.05, 4.69) is 10.6 Å². The van der Waals surface area contributed by atoms with Gasteiger partial charge in [0.25, 0.3) is 0 Å². The van der Waals surface area contributed by atoms with Gasteiger partial charge < -0.3 is 11.1 Å². The van der Waals surface area contributed by atoms with Crippen LogP contribution >= 0.6 is 0 Å². The number of rotatable bonds is 3. The first-order valence-corrected chi connectivity index (χ1v) is 5.05. The number of carbonyl (C=O) groups is 2. The fraction of sp³-hybridized carbons (Fsp3) is 0.778. The molecule has 6 nitrogen and oxygen atoms in total. The standard InChI is InChI=1S/C9H18N4O2/c1-6(2)11-9(15)12-8(14)5-13-3-7(10)4-13/h6-7H,3-5,10H2,1-2H3,(H2,11,12,14,15). The number of nitrogens with one attached hydrogen (secondary N) is 2. The predicted octanol–water partition coefficient (Wildman–Crippen LogP) is -1.14. The first-order chi connectivity index (χ1) is 6.97. The fourth-order valence-electron chi connectivity index (χ4n) is 1.41. The Morgan fingerprint density at radius 2 is 2.07 bits per heavy atom. The molecule has 6 heteroatoms. The number of imide groups is 1. The topological polar surface area (TPSA) is 87.5 Å². The van der Waals surface area contributed by atoms with Crippen LogP contribution in [0.4, 0.5) is 4.79 Å². The first kappa shape index (κ1) is 11.9. The van der Waals surface area contributed by atoms with Crippen LogP contribution in [-0.2, 0) is 4.79 Å². The van der Waals surface area contributed by atoms with Crippen molar-refractivity contribution in [3.05, 3.63) is 0 Å². The average Bonchev–Trinajstić information content (AvgIpc) is 1.98. The molecule has 3 amide bonds. The number of urea groups is 1. The second-order valence-corrected chi connectivity index (χ2v) is 4.13. The van der Waals surface area contributed by atoms with E-state index in [-0.39, 0.29) is 24.5 Å². The molecule has 0 aromatic rings. The van der Waals surface area contributed by atoms with Crippen molar-refractivity contribution in [1.82, 2.24) is 15.5 Å². The third kappa shape index (κ3) is 4.26. The summed E-state index contributed by atoms with van der Waals surface area (Å²) in [5.74, 6) is -0.292. The molecule has 15 heavy (non-hydrogen) atoms. The zero-order valence-corrected chi connectivity index (χ0v) is 9.12. The Bertz CT molecular complexity index is 248. The molecule has 0 aromatic heterocycles. The summed E-state index contributed by atoms with van der Waals surface area (Å²) in [6, 6.07) is -0.252. The van der Waals surface area contributed by atoms with E-state index in [0.29, 0.717) is 0 Å². The minimum Gasteiger partial charge on any atom is -0.336 e. The summed E-state index contributed by atoms with van der Waals surface area (Å²) in [6.07, 6.45) is 0. The number of amides is 3. The smallest absolute Gasteiger partial charge is 0.321 e. The normalized spacial score (nSPS) is 17.3. The maximum absolute atomic E-state index is 11.3. The molecule has 1 aliphatic rings. The Balaban J connectivity index is 2.15. The number of likely N-dealkylation sites (tertiary alicyclic amines) is 1. The second kappa shape index (κ2) is 5.09. The highest BCUT2D eigenvalue weighted by molar-refractivity contribution is 5.95. The van der Waals surface area contributed by atoms with E-state index in [1.807, 2.05) is 18.7 Å². The van der Waals surface area contributed by atoms with E-state index in [4.69, 9.17) is 5.73 Å². The van der Waals surface area contributed by atoms with E-state index < -0.39 is 6.03 Å². The monoisotopic (exact) mass is 214 g/mol. The Morgan fingerprint density at radius 3 is 2.53 bits per heavy atom. The maximum atomic E-state index is 11.3. The average molecular weight is 214 g/mol. The van der Waals surface area contributed by atoms with Gasteiger partial charge in [0.05, 0.1) is 6.54 Å². The summed E-state index contributed by atoms with van der Waals surface area (Å²) in [5.41, 5.74) is 5.56. The van der Waals surface area contributed by atoms with E-state index in [1.54, 1.807) is 0 Å². The molecular weight excluding hydrogens is 196 g/mol. The molecule has 1 rings (SSSR count). The fourth-order valence-corrected chi connectivity index (χ4v) is 1.41. The third-order valence-corrected chi connectivity index (χ3v) is 2.03. The van der Waals surface area contributed by atoms with Crippen molar-refractivity contribution in [3.8, 4) is 0 Å². The molecule has 4 N–H and O–H groups in total. The molecule has 1 fully saturated rings. The van der Waals surface area contributed by atoms with Crippen molar-refractivity contribution < 1.29 is 9.59 Å². The van der Waals surface area contributed by atoms with Crippen LogP contribution in [-0.4, -0.2) is 48.6 Å². The van der Waals surface area contributed by atoms with Gasteiger partial charge in [-0.15, -0.1) is 0 Å². The molecule has 0 unspecified atom stereocenters. The summed E-state index contributed by atoms with van der Waals surface area (Å²) in [6.45, 7) is 5.34. The van der Waals surface area contributed by atoms with Crippen LogP contribution in [0.15, 0.2) is 0 Å². The summed E-state index contributed by atoms with van der Waals surface area (Å²) in [4.78, 5) is 24.3. The molecule has 0 aliphatic carbocycles. The van der Waals surface area contributed by atoms with Crippen molar-refractivity contribution in [1.29, 1.82) is 0 Å². The van der Waals surface area contributed by atoms with Crippen LogP contribution in [0.2, 0.25) is 0 Å². The molecule has 0 spiro atoms. The van der Waals surface area contributed by atoms with Gasteiger partial charge in [-0.25, -0.2) is 4.79 Å². The number of nitrogens with two attached hydrogens (primary N) is 1. The molecule has 0 radical (unpaired) electrons. The molecule has 0 aromatic carbocycles. The van der Waals surface area contributed by atoms with E-state index in [0.717, 1.165) is 13.1 Å². The van der Waals surface area contributed by atoms with Crippen molar-refractivity contribution in [3.63, 3.8) is 0 Å². The van der Waals surface area contributed by atoms with Gasteiger partial charge in [0, 0.05) is 25.2 Å². The molecule has 0 saturated carbocycles. The summed E-state index contributed by atoms with van der Waals surface area (Å²) >= 11 is 0. The largest absolute Gasteiger partial charge is 0.336 e. The molecule has 1 aliphatic heterocycles. The summed E-state index contributed by atoms with van der Waals surface area (Å²) in [7, 11) is 0. The zero-order valence-electron chi connectivity index (χ0n) is 9.12. The van der Waals surface area contributed by atoms with Crippen molar-refractivity contribution >= 4 is 11.9 Å². The van der Waals surface area contributed by atoms with Crippen LogP contribution in [0, 0.1) is 0 Å². The van der Waals surface area contributed by atoms with Gasteiger partial charge in [0.1, 0.15) is 0 Å². The van der Waals surface area contributed by atoms with Crippen LogP contribution in [0.1, 0.15) is 13.8 Å². The van der Waals surface area contributed by atoms with Crippen LogP contribution in [0.5, 0.6) is 0 Å². The summed E-state index contributed by atoms with van der Waals surface area (Å²) in [5, 5.41) is 4.83. The van der Waals surface area contributed by atoms with Crippen LogP contribution in [0.3, 0.4) is 0 Å². The lowest BCUT2D eigenvalue weighted by molar-refractivity contribution is -0.122. The van der Waals surface area contributed by atoms with Gasteiger partial charge in [-0.3, -0.25) is 15.0 Å². The number of hydrogen-bond acceptors (Lipinski definition) is 4. The van der Waals surface area contributed by atoms with Gasteiger partial charge in [-0.1, -0.05) is 0 Å². The molecule has 0 bridgehead atoms. The Morgan fingerprint density at radius 1 is 1.47 bits per heavy atom. The highest BCUT2D eigenvalue weighted by Crippen LogP contribution is 2.03. The maximum Gasteiger partial charge on any atom is 0.321 e. The SMILES string of the molecule is CC(C)NC(=O)NC(=O)CN1CC(N)C1. The molecule has 86 valence electrons. The predicted molar refractivity (Wildman–Crippen MR) is 56.2 cm³/mol. The van der Waals surface area contributed by atoms with Gasteiger partial charge in [-0.05, 0) is 13.8 Å². The lowest BCUT2D eigenvalue weighted by Gasteiger charge is -2.35. The van der Waals surface area contributed by atoms with E-state index in [9.17, 15) is 9.59 Å². The Labute approximate surface area is 89.2 Å². The summed E-state index contributed by atoms with van der Waals surface area (Å²) < 4.78 is 0. The Hall–Kier alpha value is -1.14. The number of hydrogen-bond donors (Lipinski definition) is 3. The highest BCUT2D eigenvalue weighted by Gasteiger charge is 2.25. The van der Waals surface area contributed by atoms with Gasteiger partial charge in [-0.2, -0.15) is 0 Å². The quantitative estimate of drug-likeness (QED) is 0.554. The van der Waals surface area contributed by atoms with Crippen LogP contribution in [0.25, 0.3) is 0 Å². The third-order valence-electron chi connectivity index (χ3n) is 2.03. The molecular formula is C9H18N4O2. The zero-order chi connectivity index (χ0) is 11.4.